The molecule has 0 amide bonds. The van der Waals surface area contributed by atoms with Gasteiger partial charge in [-0.15, -0.1) is 0 Å². The van der Waals surface area contributed by atoms with Crippen molar-refractivity contribution in [2.45, 2.75) is 6.92 Å². The van der Waals surface area contributed by atoms with Crippen molar-refractivity contribution in [1.29, 1.82) is 0 Å². The Labute approximate surface area is 54.8 Å². The predicted molar refractivity (Wildman–Crippen MR) is 22.8 cm³/mol. The van der Waals surface area contributed by atoms with Crippen LogP contribution in [-0.2, 0) is 3.07 Å². The summed E-state index contributed by atoms with van der Waals surface area (Å²) >= 11 is -0.387. The molecule has 0 fully saturated rings. The van der Waals surface area contributed by atoms with E-state index in [0.29, 0.717) is 0 Å². The molecule has 4 heteroatoms. The SMILES string of the molecule is [B]C(=O)O[I-]CC. The topological polar surface area (TPSA) is 26.3 Å². The van der Waals surface area contributed by atoms with E-state index in [4.69, 9.17) is 0 Å². The summed E-state index contributed by atoms with van der Waals surface area (Å²) in [6, 6.07) is 0. The number of hydrogen-bond acceptors (Lipinski definition) is 2. The third-order valence-corrected chi connectivity index (χ3v) is 1.61. The van der Waals surface area contributed by atoms with Gasteiger partial charge in [0.2, 0.25) is 0 Å². The van der Waals surface area contributed by atoms with Gasteiger partial charge in [-0.05, 0) is 0 Å². The number of carbonyl (C=O) groups excluding carboxylic acids is 1. The van der Waals surface area contributed by atoms with Crippen LogP contribution in [-0.4, -0.2) is 18.1 Å². The van der Waals surface area contributed by atoms with Gasteiger partial charge in [0.05, 0.1) is 0 Å². The van der Waals surface area contributed by atoms with E-state index in [9.17, 15) is 4.79 Å². The molecule has 0 rings (SSSR count). The Hall–Kier alpha value is 0.265. The number of rotatable bonds is 2. The molecular formula is C3H5BIO2-. The zero-order valence-corrected chi connectivity index (χ0v) is 6.14. The van der Waals surface area contributed by atoms with Crippen molar-refractivity contribution in [3.8, 4) is 0 Å². The Morgan fingerprint density at radius 3 is 2.71 bits per heavy atom. The summed E-state index contributed by atoms with van der Waals surface area (Å²) in [7, 11) is 4.64. The third-order valence-electron chi connectivity index (χ3n) is 0.240. The van der Waals surface area contributed by atoms with Crippen molar-refractivity contribution in [3.63, 3.8) is 0 Å². The number of carbonyl (C=O) groups is 1. The molecule has 0 spiro atoms. The van der Waals surface area contributed by atoms with E-state index in [1.165, 1.54) is 0 Å². The first-order valence-corrected chi connectivity index (χ1v) is 4.23. The zero-order chi connectivity index (χ0) is 5.70. The molecule has 0 aliphatic rings. The number of halogens is 1. The van der Waals surface area contributed by atoms with Crippen molar-refractivity contribution < 1.29 is 29.5 Å². The molecule has 0 bridgehead atoms. The summed E-state index contributed by atoms with van der Waals surface area (Å²) in [5.41, 5.74) is 0. The Kier molecular flexibility index (Phi) is 4.59. The van der Waals surface area contributed by atoms with Crippen molar-refractivity contribution in [3.05, 3.63) is 0 Å². The molecule has 0 unspecified atom stereocenters. The van der Waals surface area contributed by atoms with Crippen LogP contribution in [0.25, 0.3) is 0 Å². The molecule has 0 aliphatic carbocycles. The fraction of sp³-hybridized carbons (Fsp3) is 0.667. The summed E-state index contributed by atoms with van der Waals surface area (Å²) in [6.45, 7) is 1.95. The van der Waals surface area contributed by atoms with E-state index in [0.717, 1.165) is 4.43 Å². The molecule has 0 N–H and O–H groups in total. The molecule has 0 aromatic rings. The first kappa shape index (κ1) is 7.26. The molecule has 0 aromatic carbocycles. The average molecular weight is 211 g/mol. The molecule has 0 saturated carbocycles. The van der Waals surface area contributed by atoms with Crippen LogP contribution in [0.4, 0.5) is 4.79 Å². The Morgan fingerprint density at radius 1 is 2.00 bits per heavy atom. The summed E-state index contributed by atoms with van der Waals surface area (Å²) in [6.07, 6.45) is 0. The molecule has 2 radical (unpaired) electrons. The van der Waals surface area contributed by atoms with Crippen LogP contribution in [0.3, 0.4) is 0 Å². The van der Waals surface area contributed by atoms with Crippen molar-refractivity contribution in [2.24, 2.45) is 0 Å². The van der Waals surface area contributed by atoms with E-state index in [-0.39, 0.29) is 21.6 Å². The molecule has 0 heterocycles. The molecule has 0 aliphatic heterocycles. The van der Waals surface area contributed by atoms with Gasteiger partial charge in [0.1, 0.15) is 0 Å². The van der Waals surface area contributed by atoms with E-state index < -0.39 is 5.87 Å². The van der Waals surface area contributed by atoms with Crippen LogP contribution in [0.1, 0.15) is 6.92 Å². The minimum absolute atomic E-state index is 0.387. The monoisotopic (exact) mass is 211 g/mol. The van der Waals surface area contributed by atoms with Crippen molar-refractivity contribution >= 4 is 13.7 Å². The quantitative estimate of drug-likeness (QED) is 0.282. The average Bonchev–Trinajstić information content (AvgIpc) is 1.61. The fourth-order valence-corrected chi connectivity index (χ4v) is 0.727. The van der Waals surface area contributed by atoms with Gasteiger partial charge >= 0.3 is 54.5 Å². The Balaban J connectivity index is 2.82. The fourth-order valence-electron chi connectivity index (χ4n) is 0.108. The number of alkyl halides is 1. The van der Waals surface area contributed by atoms with Gasteiger partial charge in [0.15, 0.2) is 0 Å². The van der Waals surface area contributed by atoms with Crippen LogP contribution in [0.5, 0.6) is 0 Å². The van der Waals surface area contributed by atoms with E-state index in [2.05, 4.69) is 10.9 Å². The molecular weight excluding hydrogens is 206 g/mol. The predicted octanol–water partition coefficient (Wildman–Crippen LogP) is -2.68. The van der Waals surface area contributed by atoms with Gasteiger partial charge < -0.3 is 0 Å². The first-order chi connectivity index (χ1) is 3.27. The van der Waals surface area contributed by atoms with Gasteiger partial charge in [-0.25, -0.2) is 0 Å². The number of hydrogen-bond donors (Lipinski definition) is 0. The second-order valence-corrected chi connectivity index (χ2v) is 3.36. The maximum atomic E-state index is 9.79. The van der Waals surface area contributed by atoms with E-state index in [1.54, 1.807) is 0 Å². The van der Waals surface area contributed by atoms with Gasteiger partial charge in [0, 0.05) is 0 Å². The van der Waals surface area contributed by atoms with Gasteiger partial charge in [-0.2, -0.15) is 0 Å². The zero-order valence-electron chi connectivity index (χ0n) is 3.98. The minimum atomic E-state index is -0.644. The second-order valence-electron chi connectivity index (χ2n) is 0.773. The maximum absolute atomic E-state index is 9.79. The van der Waals surface area contributed by atoms with Crippen molar-refractivity contribution in [2.75, 3.05) is 4.43 Å². The summed E-state index contributed by atoms with van der Waals surface area (Å²) in [5, 5.41) is 0. The van der Waals surface area contributed by atoms with Crippen LogP contribution in [0, 0.1) is 0 Å². The Bertz CT molecular complexity index is 66.0. The van der Waals surface area contributed by atoms with Crippen LogP contribution < -0.4 is 21.6 Å². The molecule has 0 atom stereocenters. The van der Waals surface area contributed by atoms with E-state index >= 15 is 0 Å². The van der Waals surface area contributed by atoms with Gasteiger partial charge in [-0.1, -0.05) is 0 Å². The van der Waals surface area contributed by atoms with Crippen LogP contribution in [0.2, 0.25) is 0 Å². The normalized spacial score (nSPS) is 8.71. The van der Waals surface area contributed by atoms with Crippen molar-refractivity contribution in [1.82, 2.24) is 0 Å². The standard InChI is InChI=1S/C3H5BIO2/c1-2-5-7-3(4)6/h2H2,1H3/q-1. The molecule has 2 nitrogen and oxygen atoms in total. The molecule has 0 saturated heterocycles. The second kappa shape index (κ2) is 4.42. The Morgan fingerprint density at radius 2 is 2.57 bits per heavy atom. The summed E-state index contributed by atoms with van der Waals surface area (Å²) in [4.78, 5) is 9.79. The summed E-state index contributed by atoms with van der Waals surface area (Å²) in [5.74, 6) is -0.644. The van der Waals surface area contributed by atoms with Crippen LogP contribution in [0.15, 0.2) is 0 Å². The molecule has 0 aromatic heterocycles. The van der Waals surface area contributed by atoms with Crippen LogP contribution >= 0.6 is 0 Å². The van der Waals surface area contributed by atoms with E-state index in [1.807, 2.05) is 6.92 Å². The third kappa shape index (κ3) is 6.26. The molecule has 7 heavy (non-hydrogen) atoms. The summed E-state index contributed by atoms with van der Waals surface area (Å²) < 4.78 is 5.37. The van der Waals surface area contributed by atoms with Gasteiger partial charge in [-0.3, -0.25) is 0 Å². The molecule has 40 valence electrons. The first-order valence-electron chi connectivity index (χ1n) is 1.83. The van der Waals surface area contributed by atoms with Gasteiger partial charge in [0.25, 0.3) is 0 Å².